The topological polar surface area (TPSA) is 166 Å². The van der Waals surface area contributed by atoms with E-state index in [1.165, 1.54) is 12.1 Å². The van der Waals surface area contributed by atoms with Crippen molar-refractivity contribution in [3.63, 3.8) is 0 Å². The van der Waals surface area contributed by atoms with Crippen molar-refractivity contribution in [3.8, 4) is 23.2 Å². The largest absolute Gasteiger partial charge is 0.487 e. The summed E-state index contributed by atoms with van der Waals surface area (Å²) >= 11 is 0. The van der Waals surface area contributed by atoms with Gasteiger partial charge in [0.05, 0.1) is 11.0 Å². The maximum absolute atomic E-state index is 16.4. The van der Waals surface area contributed by atoms with E-state index in [0.29, 0.717) is 45.6 Å². The first-order valence-corrected chi connectivity index (χ1v) is 24.8. The molecule has 17 heteroatoms. The van der Waals surface area contributed by atoms with Gasteiger partial charge in [0.2, 0.25) is 17.7 Å². The van der Waals surface area contributed by atoms with Gasteiger partial charge in [0, 0.05) is 49.4 Å². The van der Waals surface area contributed by atoms with Crippen molar-refractivity contribution in [1.29, 1.82) is 0 Å². The number of halogens is 1. The number of rotatable bonds is 15. The lowest BCUT2D eigenvalue weighted by Gasteiger charge is -2.23. The highest BCUT2D eigenvalue weighted by molar-refractivity contribution is 7.92. The highest BCUT2D eigenvalue weighted by atomic mass is 32.2. The van der Waals surface area contributed by atoms with Crippen molar-refractivity contribution in [3.05, 3.63) is 179 Å². The van der Waals surface area contributed by atoms with Crippen LogP contribution in [-0.4, -0.2) is 54.0 Å². The predicted molar refractivity (Wildman–Crippen MR) is 270 cm³/mol. The summed E-state index contributed by atoms with van der Waals surface area (Å²) in [5.41, 5.74) is 5.39. The van der Waals surface area contributed by atoms with Crippen LogP contribution in [0, 0.1) is 11.7 Å². The van der Waals surface area contributed by atoms with E-state index >= 15 is 4.39 Å². The number of nitrogens with one attached hydrogen (secondary N) is 2. The third-order valence-corrected chi connectivity index (χ3v) is 14.2. The molecule has 1 atom stereocenters. The lowest BCUT2D eigenvalue weighted by molar-refractivity contribution is -0.118. The summed E-state index contributed by atoms with van der Waals surface area (Å²) in [5, 5.41) is 3.44. The second-order valence-electron chi connectivity index (χ2n) is 17.7. The standard InChI is InChI=1S/C54H50FN7O8S/c1-59-46-31-42(20-22-44(46)62(54(59)65)45-23-24-50(69-34-38-14-7-3-8-15-38)57-53(45)70-35-39-16-9-4-10-17-39)60-26-11-18-36(25-27-60)28-48(63)56-41-19-21-43-40(29-41)30-47(68-33-37-12-5-2-6-13-37)52(51(43)55)61-32-49(64)58-71(61,66)67/h2-10,12-17,19-24,29-31,36H,11,18,25-28,32-35H2,1H3,(H,56,63)(H,58,64). The number of fused-ring (bicyclic) bond motifs is 2. The Morgan fingerprint density at radius 2 is 1.44 bits per heavy atom. The molecule has 2 N–H and O–H groups in total. The molecule has 2 saturated heterocycles. The number of hydrogen-bond acceptors (Lipinski definition) is 10. The summed E-state index contributed by atoms with van der Waals surface area (Å²) in [4.78, 5) is 46.9. The zero-order valence-corrected chi connectivity index (χ0v) is 39.6. The minimum atomic E-state index is -4.35. The van der Waals surface area contributed by atoms with E-state index in [-0.39, 0.29) is 59.9 Å². The summed E-state index contributed by atoms with van der Waals surface area (Å²) in [6.45, 7) is 1.43. The smallest absolute Gasteiger partial charge is 0.333 e. The first kappa shape index (κ1) is 46.5. The van der Waals surface area contributed by atoms with E-state index in [2.05, 4.69) is 10.2 Å². The van der Waals surface area contributed by atoms with Crippen molar-refractivity contribution in [2.24, 2.45) is 13.0 Å². The van der Waals surface area contributed by atoms with Crippen LogP contribution in [0.3, 0.4) is 0 Å². The van der Waals surface area contributed by atoms with Crippen LogP contribution >= 0.6 is 0 Å². The molecule has 2 aliphatic heterocycles. The summed E-state index contributed by atoms with van der Waals surface area (Å²) in [6.07, 6.45) is 2.70. The van der Waals surface area contributed by atoms with Crippen molar-refractivity contribution in [1.82, 2.24) is 18.8 Å². The maximum Gasteiger partial charge on any atom is 0.333 e. The first-order valence-electron chi connectivity index (χ1n) is 23.3. The summed E-state index contributed by atoms with van der Waals surface area (Å²) < 4.78 is 66.3. The maximum atomic E-state index is 16.4. The second kappa shape index (κ2) is 20.0. The lowest BCUT2D eigenvalue weighted by Crippen LogP contribution is -2.30. The molecule has 0 bridgehead atoms. The Kier molecular flexibility index (Phi) is 13.1. The molecule has 0 saturated carbocycles. The Hall–Kier alpha value is -8.18. The average Bonchev–Trinajstić information content (AvgIpc) is 3.65. The number of aromatic nitrogens is 3. The molecule has 0 radical (unpaired) electrons. The van der Waals surface area contributed by atoms with E-state index in [1.807, 2.05) is 114 Å². The minimum absolute atomic E-state index is 0.0113. The van der Waals surface area contributed by atoms with Gasteiger partial charge < -0.3 is 24.4 Å². The molecule has 2 amide bonds. The molecule has 0 aliphatic carbocycles. The van der Waals surface area contributed by atoms with Crippen LogP contribution in [0.4, 0.5) is 21.5 Å². The Morgan fingerprint density at radius 1 is 0.761 bits per heavy atom. The molecule has 8 aromatic rings. The Bertz CT molecular complexity index is 3450. The molecule has 4 heterocycles. The molecule has 2 aromatic heterocycles. The van der Waals surface area contributed by atoms with Crippen LogP contribution in [0.2, 0.25) is 0 Å². The number of aryl methyl sites for hydroxylation is 1. The quantitative estimate of drug-likeness (QED) is 0.102. The van der Waals surface area contributed by atoms with Gasteiger partial charge in [0.25, 0.3) is 5.91 Å². The third-order valence-electron chi connectivity index (χ3n) is 12.8. The monoisotopic (exact) mass is 975 g/mol. The Balaban J connectivity index is 0.832. The van der Waals surface area contributed by atoms with Gasteiger partial charge in [-0.2, -0.15) is 13.4 Å². The number of pyridine rings is 1. The SMILES string of the molecule is Cn1c(=O)n(-c2ccc(OCc3ccccc3)nc2OCc2ccccc2)c2ccc(N3CCCC(CC(=O)Nc4ccc5c(F)c(N6CC(=O)NS6(=O)=O)c(OCc6ccccc6)cc5c4)CC3)cc21. The van der Waals surface area contributed by atoms with Gasteiger partial charge in [0.15, 0.2) is 5.82 Å². The number of nitrogens with zero attached hydrogens (tertiary/aromatic N) is 5. The molecule has 15 nitrogen and oxygen atoms in total. The first-order chi connectivity index (χ1) is 34.5. The molecule has 0 spiro atoms. The van der Waals surface area contributed by atoms with Gasteiger partial charge in [-0.1, -0.05) is 91.0 Å². The molecule has 1 unspecified atom stereocenters. The minimum Gasteiger partial charge on any atom is -0.487 e. The van der Waals surface area contributed by atoms with Gasteiger partial charge in [-0.25, -0.2) is 18.2 Å². The van der Waals surface area contributed by atoms with Gasteiger partial charge in [-0.15, -0.1) is 0 Å². The summed E-state index contributed by atoms with van der Waals surface area (Å²) in [6, 6.07) is 44.4. The Morgan fingerprint density at radius 3 is 2.11 bits per heavy atom. The molecular weight excluding hydrogens is 926 g/mol. The van der Waals surface area contributed by atoms with Crippen LogP contribution in [0.15, 0.2) is 150 Å². The average molecular weight is 976 g/mol. The van der Waals surface area contributed by atoms with Crippen molar-refractivity contribution in [2.45, 2.75) is 45.5 Å². The normalized spacial score (nSPS) is 15.6. The van der Waals surface area contributed by atoms with Gasteiger partial charge >= 0.3 is 15.9 Å². The van der Waals surface area contributed by atoms with Gasteiger partial charge in [0.1, 0.15) is 43.5 Å². The Labute approximate surface area is 409 Å². The number of anilines is 3. The molecule has 2 fully saturated rings. The van der Waals surface area contributed by atoms with E-state index in [4.69, 9.17) is 19.2 Å². The molecule has 2 aliphatic rings. The van der Waals surface area contributed by atoms with Gasteiger partial charge in [-0.05, 0) is 95.8 Å². The van der Waals surface area contributed by atoms with Gasteiger partial charge in [-0.3, -0.25) is 18.7 Å². The molecule has 362 valence electrons. The predicted octanol–water partition coefficient (Wildman–Crippen LogP) is 8.57. The molecular formula is C54H50FN7O8S. The summed E-state index contributed by atoms with van der Waals surface area (Å²) in [7, 11) is -2.60. The number of benzene rings is 6. The van der Waals surface area contributed by atoms with Crippen LogP contribution in [-0.2, 0) is 46.7 Å². The fourth-order valence-electron chi connectivity index (χ4n) is 9.22. The summed E-state index contributed by atoms with van der Waals surface area (Å²) in [5.74, 6) is -1.21. The highest BCUT2D eigenvalue weighted by Gasteiger charge is 2.38. The molecule has 71 heavy (non-hydrogen) atoms. The second-order valence-corrected chi connectivity index (χ2v) is 19.3. The van der Waals surface area contributed by atoms with Crippen LogP contribution in [0.5, 0.6) is 17.5 Å². The number of amides is 2. The number of imidazole rings is 1. The zero-order chi connectivity index (χ0) is 49.1. The number of carbonyl (C=O) groups is 2. The highest BCUT2D eigenvalue weighted by Crippen LogP contribution is 2.41. The van der Waals surface area contributed by atoms with Crippen LogP contribution in [0.1, 0.15) is 42.4 Å². The van der Waals surface area contributed by atoms with Crippen LogP contribution in [0.25, 0.3) is 27.5 Å². The fraction of sp³-hybridized carbons (Fsp3) is 0.222. The number of hydrogen-bond donors (Lipinski definition) is 2. The lowest BCUT2D eigenvalue weighted by atomic mass is 9.96. The van der Waals surface area contributed by atoms with E-state index in [1.54, 1.807) is 40.4 Å². The van der Waals surface area contributed by atoms with Crippen molar-refractivity contribution >= 4 is 60.9 Å². The van der Waals surface area contributed by atoms with E-state index in [0.717, 1.165) is 53.7 Å². The fourth-order valence-corrected chi connectivity index (χ4v) is 10.4. The molecule has 6 aromatic carbocycles. The van der Waals surface area contributed by atoms with Crippen LogP contribution < -0.4 is 39.1 Å². The third kappa shape index (κ3) is 10.1. The molecule has 10 rings (SSSR count). The van der Waals surface area contributed by atoms with Crippen molar-refractivity contribution in [2.75, 3.05) is 34.2 Å². The number of ether oxygens (including phenoxy) is 3. The van der Waals surface area contributed by atoms with E-state index in [9.17, 15) is 22.8 Å². The van der Waals surface area contributed by atoms with Crippen molar-refractivity contribution < 1.29 is 36.6 Å². The zero-order valence-electron chi connectivity index (χ0n) is 38.8. The van der Waals surface area contributed by atoms with E-state index < -0.39 is 28.5 Å². The number of carbonyl (C=O) groups excluding carboxylic acids is 2.